The standard InChI is InChI=1S/C53H33N3S/c1-3-13-34(14-4-1)40-21-11-22-43(31-40)52-54-51(37-17-5-2-6-18-37)55-53(56-52)48-33-44(41-27-25-35-15-7-9-19-38(35)29-41)32-47-46-24-12-23-45(49(46)57-50(47)48)42-28-26-36-16-8-10-20-39(36)30-42/h1-33H. The van der Waals surface area contributed by atoms with Crippen molar-refractivity contribution in [1.29, 1.82) is 0 Å². The number of nitrogens with zero attached hydrogens (tertiary/aromatic N) is 3. The van der Waals surface area contributed by atoms with Crippen molar-refractivity contribution in [3.8, 4) is 67.5 Å². The van der Waals surface area contributed by atoms with Crippen LogP contribution in [0.3, 0.4) is 0 Å². The van der Waals surface area contributed by atoms with Gasteiger partial charge >= 0.3 is 0 Å². The second kappa shape index (κ2) is 13.8. The quantitative estimate of drug-likeness (QED) is 0.170. The molecule has 0 radical (unpaired) electrons. The fraction of sp³-hybridized carbons (Fsp3) is 0. The lowest BCUT2D eigenvalue weighted by Gasteiger charge is -2.12. The predicted molar refractivity (Wildman–Crippen MR) is 240 cm³/mol. The Bertz CT molecular complexity index is 3300. The van der Waals surface area contributed by atoms with Gasteiger partial charge in [-0.05, 0) is 85.3 Å². The molecule has 11 aromatic rings. The van der Waals surface area contributed by atoms with Gasteiger partial charge in [-0.3, -0.25) is 0 Å². The smallest absolute Gasteiger partial charge is 0.165 e. The number of thiophene rings is 1. The summed E-state index contributed by atoms with van der Waals surface area (Å²) in [6.07, 6.45) is 0. The zero-order valence-electron chi connectivity index (χ0n) is 30.8. The van der Waals surface area contributed by atoms with Crippen LogP contribution >= 0.6 is 11.3 Å². The summed E-state index contributed by atoms with van der Waals surface area (Å²) >= 11 is 1.82. The molecule has 0 bridgehead atoms. The van der Waals surface area contributed by atoms with E-state index in [0.29, 0.717) is 17.5 Å². The molecule has 0 saturated carbocycles. The van der Waals surface area contributed by atoms with Gasteiger partial charge < -0.3 is 0 Å². The van der Waals surface area contributed by atoms with Crippen molar-refractivity contribution in [3.63, 3.8) is 0 Å². The molecule has 0 unspecified atom stereocenters. The van der Waals surface area contributed by atoms with E-state index in [1.54, 1.807) is 0 Å². The first kappa shape index (κ1) is 33.1. The Labute approximate surface area is 334 Å². The third-order valence-corrected chi connectivity index (χ3v) is 12.2. The number of aromatic nitrogens is 3. The fourth-order valence-corrected chi connectivity index (χ4v) is 9.32. The highest BCUT2D eigenvalue weighted by molar-refractivity contribution is 7.26. The van der Waals surface area contributed by atoms with Gasteiger partial charge in [-0.2, -0.15) is 0 Å². The van der Waals surface area contributed by atoms with Crippen molar-refractivity contribution in [3.05, 3.63) is 200 Å². The molecule has 3 nitrogen and oxygen atoms in total. The normalized spacial score (nSPS) is 11.5. The van der Waals surface area contributed by atoms with E-state index < -0.39 is 0 Å². The van der Waals surface area contributed by atoms with E-state index in [-0.39, 0.29) is 0 Å². The molecule has 11 rings (SSSR count). The van der Waals surface area contributed by atoms with Crippen LogP contribution in [0.15, 0.2) is 200 Å². The number of rotatable bonds is 6. The highest BCUT2D eigenvalue weighted by Gasteiger charge is 2.20. The predicted octanol–water partition coefficient (Wildman–Crippen LogP) is 14.5. The largest absolute Gasteiger partial charge is 0.208 e. The monoisotopic (exact) mass is 743 g/mol. The molecule has 0 N–H and O–H groups in total. The second-order valence-corrected chi connectivity index (χ2v) is 15.4. The molecule has 0 saturated heterocycles. The number of fused-ring (bicyclic) bond motifs is 5. The number of benzene rings is 9. The van der Waals surface area contributed by atoms with Gasteiger partial charge in [-0.1, -0.05) is 170 Å². The topological polar surface area (TPSA) is 38.7 Å². The summed E-state index contributed by atoms with van der Waals surface area (Å²) in [5.41, 5.74) is 9.82. The maximum atomic E-state index is 5.34. The molecule has 0 atom stereocenters. The maximum Gasteiger partial charge on any atom is 0.165 e. The maximum absolute atomic E-state index is 5.34. The van der Waals surface area contributed by atoms with Gasteiger partial charge in [-0.15, -0.1) is 11.3 Å². The Kier molecular flexibility index (Phi) is 8.01. The van der Waals surface area contributed by atoms with Gasteiger partial charge in [-0.25, -0.2) is 15.0 Å². The Hall–Kier alpha value is -7.27. The molecule has 9 aromatic carbocycles. The van der Waals surface area contributed by atoms with Gasteiger partial charge in [0.2, 0.25) is 0 Å². The fourth-order valence-electron chi connectivity index (χ4n) is 8.00. The van der Waals surface area contributed by atoms with Crippen molar-refractivity contribution in [2.45, 2.75) is 0 Å². The molecule has 0 aliphatic heterocycles. The van der Waals surface area contributed by atoms with E-state index in [9.17, 15) is 0 Å². The summed E-state index contributed by atoms with van der Waals surface area (Å²) in [7, 11) is 0. The van der Waals surface area contributed by atoms with Crippen LogP contribution in [0.25, 0.3) is 109 Å². The molecular formula is C53H33N3S. The number of hydrogen-bond donors (Lipinski definition) is 0. The second-order valence-electron chi connectivity index (χ2n) is 14.4. The van der Waals surface area contributed by atoms with Crippen molar-refractivity contribution in [2.24, 2.45) is 0 Å². The van der Waals surface area contributed by atoms with Crippen LogP contribution in [0, 0.1) is 0 Å². The molecule has 2 heterocycles. The van der Waals surface area contributed by atoms with E-state index in [0.717, 1.165) is 43.6 Å². The van der Waals surface area contributed by atoms with E-state index in [2.05, 4.69) is 176 Å². The highest BCUT2D eigenvalue weighted by Crippen LogP contribution is 2.46. The Morgan fingerprint density at radius 3 is 1.53 bits per heavy atom. The zero-order valence-corrected chi connectivity index (χ0v) is 31.6. The molecule has 0 aliphatic carbocycles. The average Bonchev–Trinajstić information content (AvgIpc) is 3.68. The molecule has 266 valence electrons. The first-order chi connectivity index (χ1) is 28.2. The first-order valence-electron chi connectivity index (χ1n) is 19.2. The molecule has 57 heavy (non-hydrogen) atoms. The van der Waals surface area contributed by atoms with E-state index in [4.69, 9.17) is 15.0 Å². The van der Waals surface area contributed by atoms with Gasteiger partial charge in [0.1, 0.15) is 0 Å². The highest BCUT2D eigenvalue weighted by atomic mass is 32.1. The summed E-state index contributed by atoms with van der Waals surface area (Å²) in [5, 5.41) is 7.30. The molecule has 0 fully saturated rings. The minimum atomic E-state index is 0.638. The van der Waals surface area contributed by atoms with Crippen LogP contribution in [0.2, 0.25) is 0 Å². The Morgan fingerprint density at radius 2 is 0.789 bits per heavy atom. The molecule has 0 amide bonds. The van der Waals surface area contributed by atoms with Crippen LogP contribution in [-0.4, -0.2) is 15.0 Å². The average molecular weight is 744 g/mol. The van der Waals surface area contributed by atoms with Gasteiger partial charge in [0, 0.05) is 36.9 Å². The molecular weight excluding hydrogens is 711 g/mol. The molecule has 4 heteroatoms. The third-order valence-electron chi connectivity index (χ3n) is 10.9. The summed E-state index contributed by atoms with van der Waals surface area (Å²) in [4.78, 5) is 15.8. The Morgan fingerprint density at radius 1 is 0.263 bits per heavy atom. The molecule has 2 aromatic heterocycles. The molecule has 0 aliphatic rings. The van der Waals surface area contributed by atoms with Crippen LogP contribution in [0.1, 0.15) is 0 Å². The minimum Gasteiger partial charge on any atom is -0.208 e. The lowest BCUT2D eigenvalue weighted by molar-refractivity contribution is 1.08. The van der Waals surface area contributed by atoms with Crippen molar-refractivity contribution >= 4 is 53.1 Å². The van der Waals surface area contributed by atoms with Gasteiger partial charge in [0.15, 0.2) is 17.5 Å². The first-order valence-corrected chi connectivity index (χ1v) is 20.0. The van der Waals surface area contributed by atoms with Crippen molar-refractivity contribution in [2.75, 3.05) is 0 Å². The Balaban J connectivity index is 1.18. The zero-order chi connectivity index (χ0) is 37.7. The van der Waals surface area contributed by atoms with Crippen LogP contribution in [0.5, 0.6) is 0 Å². The summed E-state index contributed by atoms with van der Waals surface area (Å²) in [6, 6.07) is 71.2. The van der Waals surface area contributed by atoms with E-state index in [1.165, 1.54) is 48.1 Å². The third kappa shape index (κ3) is 6.04. The lowest BCUT2D eigenvalue weighted by atomic mass is 9.96. The van der Waals surface area contributed by atoms with Crippen LogP contribution in [-0.2, 0) is 0 Å². The number of hydrogen-bond acceptors (Lipinski definition) is 4. The summed E-state index contributed by atoms with van der Waals surface area (Å²) in [6.45, 7) is 0. The van der Waals surface area contributed by atoms with Crippen LogP contribution in [0.4, 0.5) is 0 Å². The summed E-state index contributed by atoms with van der Waals surface area (Å²) < 4.78 is 2.39. The minimum absolute atomic E-state index is 0.638. The van der Waals surface area contributed by atoms with E-state index in [1.807, 2.05) is 35.6 Å². The van der Waals surface area contributed by atoms with Crippen molar-refractivity contribution < 1.29 is 0 Å². The lowest BCUT2D eigenvalue weighted by Crippen LogP contribution is -2.00. The van der Waals surface area contributed by atoms with E-state index >= 15 is 0 Å². The van der Waals surface area contributed by atoms with Crippen LogP contribution < -0.4 is 0 Å². The van der Waals surface area contributed by atoms with Gasteiger partial charge in [0.05, 0.1) is 0 Å². The molecule has 0 spiro atoms. The SMILES string of the molecule is c1ccc(-c2cccc(-c3nc(-c4ccccc4)nc(-c4cc(-c5ccc6ccccc6c5)cc5c4sc4c(-c6ccc7ccccc7c6)cccc45)n3)c2)cc1. The van der Waals surface area contributed by atoms with Crippen molar-refractivity contribution in [1.82, 2.24) is 15.0 Å². The summed E-state index contributed by atoms with van der Waals surface area (Å²) in [5.74, 6) is 1.93. The van der Waals surface area contributed by atoms with Gasteiger partial charge in [0.25, 0.3) is 0 Å².